The molecular weight excluding hydrogens is 268 g/mol. The maximum Gasteiger partial charge on any atom is 0.242 e. The van der Waals surface area contributed by atoms with Gasteiger partial charge >= 0.3 is 0 Å². The van der Waals surface area contributed by atoms with Crippen LogP contribution in [0.25, 0.3) is 0 Å². The first kappa shape index (κ1) is 16.3. The van der Waals surface area contributed by atoms with Gasteiger partial charge in [0, 0.05) is 24.0 Å². The van der Waals surface area contributed by atoms with E-state index in [0.29, 0.717) is 11.8 Å². The fraction of sp³-hybridized carbons (Fsp3) is 0.875. The van der Waals surface area contributed by atoms with Crippen LogP contribution in [0.1, 0.15) is 47.0 Å². The van der Waals surface area contributed by atoms with E-state index >= 15 is 0 Å². The zero-order valence-corrected chi connectivity index (χ0v) is 13.5. The monoisotopic (exact) mass is 296 g/mol. The van der Waals surface area contributed by atoms with Crippen LogP contribution in [0.3, 0.4) is 0 Å². The summed E-state index contributed by atoms with van der Waals surface area (Å²) >= 11 is 0. The van der Waals surface area contributed by atoms with Gasteiger partial charge in [0.25, 0.3) is 0 Å². The standard InChI is InChI=1S/C16H28N2O3/c1-9(17-15(21)16(2,3)4)14(20)18-13-11-6-5-10(7-11)12(13)8-19/h9-13,19H,5-8H2,1-4H3,(H,17,21)(H,18,20). The van der Waals surface area contributed by atoms with Gasteiger partial charge in [0.2, 0.25) is 11.8 Å². The Labute approximate surface area is 126 Å². The molecule has 21 heavy (non-hydrogen) atoms. The third-order valence-electron chi connectivity index (χ3n) is 5.03. The van der Waals surface area contributed by atoms with E-state index in [1.165, 1.54) is 6.42 Å². The Morgan fingerprint density at radius 1 is 1.24 bits per heavy atom. The Bertz CT molecular complexity index is 416. The largest absolute Gasteiger partial charge is 0.396 e. The quantitative estimate of drug-likeness (QED) is 0.726. The molecule has 3 N–H and O–H groups in total. The Hall–Kier alpha value is -1.10. The van der Waals surface area contributed by atoms with Crippen LogP contribution in [0.4, 0.5) is 0 Å². The minimum Gasteiger partial charge on any atom is -0.396 e. The zero-order chi connectivity index (χ0) is 15.8. The first-order valence-electron chi connectivity index (χ1n) is 7.96. The minimum absolute atomic E-state index is 0.0650. The highest BCUT2D eigenvalue weighted by Gasteiger charge is 2.47. The van der Waals surface area contributed by atoms with E-state index in [1.807, 2.05) is 20.8 Å². The van der Waals surface area contributed by atoms with E-state index in [1.54, 1.807) is 6.92 Å². The molecule has 2 aliphatic carbocycles. The number of carbonyl (C=O) groups excluding carboxylic acids is 2. The first-order chi connectivity index (χ1) is 9.74. The molecular formula is C16H28N2O3. The molecule has 0 aliphatic heterocycles. The molecule has 2 amide bonds. The lowest BCUT2D eigenvalue weighted by Crippen LogP contribution is -2.53. The van der Waals surface area contributed by atoms with Gasteiger partial charge < -0.3 is 15.7 Å². The van der Waals surface area contributed by atoms with Gasteiger partial charge in [-0.25, -0.2) is 0 Å². The normalized spacial score (nSPS) is 32.8. The molecule has 0 saturated heterocycles. The second kappa shape index (κ2) is 5.95. The van der Waals surface area contributed by atoms with Gasteiger partial charge in [-0.1, -0.05) is 20.8 Å². The molecule has 0 aromatic carbocycles. The Kier molecular flexibility index (Phi) is 4.61. The molecule has 0 spiro atoms. The molecule has 2 rings (SSSR count). The Morgan fingerprint density at radius 2 is 1.86 bits per heavy atom. The maximum absolute atomic E-state index is 12.3. The van der Waals surface area contributed by atoms with E-state index in [2.05, 4.69) is 10.6 Å². The highest BCUT2D eigenvalue weighted by Crippen LogP contribution is 2.48. The molecule has 120 valence electrons. The van der Waals surface area contributed by atoms with Crippen LogP contribution in [0.15, 0.2) is 0 Å². The number of nitrogens with one attached hydrogen (secondary N) is 2. The molecule has 0 aromatic heterocycles. The summed E-state index contributed by atoms with van der Waals surface area (Å²) in [5.41, 5.74) is -0.505. The van der Waals surface area contributed by atoms with Crippen LogP contribution in [-0.4, -0.2) is 35.6 Å². The molecule has 5 nitrogen and oxygen atoms in total. The number of amides is 2. The van der Waals surface area contributed by atoms with Crippen molar-refractivity contribution in [2.24, 2.45) is 23.2 Å². The van der Waals surface area contributed by atoms with Crippen molar-refractivity contribution >= 4 is 11.8 Å². The molecule has 5 atom stereocenters. The highest BCUT2D eigenvalue weighted by atomic mass is 16.3. The lowest BCUT2D eigenvalue weighted by molar-refractivity contribution is -0.133. The maximum atomic E-state index is 12.3. The predicted octanol–water partition coefficient (Wildman–Crippen LogP) is 1.06. The number of aliphatic hydroxyl groups is 1. The first-order valence-corrected chi connectivity index (χ1v) is 7.96. The molecule has 2 fully saturated rings. The van der Waals surface area contributed by atoms with Crippen LogP contribution in [0.2, 0.25) is 0 Å². The zero-order valence-electron chi connectivity index (χ0n) is 13.5. The molecule has 5 unspecified atom stereocenters. The van der Waals surface area contributed by atoms with Gasteiger partial charge in [-0.3, -0.25) is 9.59 Å². The van der Waals surface area contributed by atoms with Crippen LogP contribution in [0, 0.1) is 23.2 Å². The van der Waals surface area contributed by atoms with Gasteiger partial charge in [-0.05, 0) is 38.0 Å². The van der Waals surface area contributed by atoms with Gasteiger partial charge in [0.05, 0.1) is 0 Å². The van der Waals surface area contributed by atoms with Crippen LogP contribution < -0.4 is 10.6 Å². The summed E-state index contributed by atoms with van der Waals surface area (Å²) in [4.78, 5) is 24.2. The number of fused-ring (bicyclic) bond motifs is 2. The molecule has 2 aliphatic rings. The van der Waals surface area contributed by atoms with Crippen LogP contribution in [0.5, 0.6) is 0 Å². The smallest absolute Gasteiger partial charge is 0.242 e. The summed E-state index contributed by atoms with van der Waals surface area (Å²) in [5, 5.41) is 15.4. The van der Waals surface area contributed by atoms with Crippen molar-refractivity contribution in [2.75, 3.05) is 6.61 Å². The second-order valence-electron chi connectivity index (χ2n) is 7.66. The van der Waals surface area contributed by atoms with E-state index in [4.69, 9.17) is 0 Å². The van der Waals surface area contributed by atoms with Crippen molar-refractivity contribution in [1.82, 2.24) is 10.6 Å². The number of hydrogen-bond donors (Lipinski definition) is 3. The van der Waals surface area contributed by atoms with Crippen molar-refractivity contribution in [1.29, 1.82) is 0 Å². The van der Waals surface area contributed by atoms with E-state index in [0.717, 1.165) is 12.8 Å². The van der Waals surface area contributed by atoms with E-state index in [9.17, 15) is 14.7 Å². The van der Waals surface area contributed by atoms with Crippen molar-refractivity contribution in [3.63, 3.8) is 0 Å². The van der Waals surface area contributed by atoms with Crippen molar-refractivity contribution in [2.45, 2.75) is 59.0 Å². The number of hydrogen-bond acceptors (Lipinski definition) is 3. The van der Waals surface area contributed by atoms with Gasteiger partial charge in [-0.2, -0.15) is 0 Å². The number of aliphatic hydroxyl groups excluding tert-OH is 1. The third-order valence-corrected chi connectivity index (χ3v) is 5.03. The summed E-state index contributed by atoms with van der Waals surface area (Å²) in [6.07, 6.45) is 3.41. The van der Waals surface area contributed by atoms with Gasteiger partial charge in [0.15, 0.2) is 0 Å². The summed E-state index contributed by atoms with van der Waals surface area (Å²) < 4.78 is 0. The summed E-state index contributed by atoms with van der Waals surface area (Å²) in [6.45, 7) is 7.31. The van der Waals surface area contributed by atoms with Crippen molar-refractivity contribution in [3.8, 4) is 0 Å². The summed E-state index contributed by atoms with van der Waals surface area (Å²) in [5.74, 6) is 0.935. The topological polar surface area (TPSA) is 78.4 Å². The highest BCUT2D eigenvalue weighted by molar-refractivity contribution is 5.89. The lowest BCUT2D eigenvalue weighted by Gasteiger charge is -2.31. The molecule has 0 aromatic rings. The summed E-state index contributed by atoms with van der Waals surface area (Å²) in [7, 11) is 0. The van der Waals surface area contributed by atoms with Crippen LogP contribution in [-0.2, 0) is 9.59 Å². The van der Waals surface area contributed by atoms with Crippen LogP contribution >= 0.6 is 0 Å². The fourth-order valence-electron chi connectivity index (χ4n) is 3.67. The fourth-order valence-corrected chi connectivity index (χ4v) is 3.67. The average Bonchev–Trinajstić information content (AvgIpc) is 2.97. The van der Waals surface area contributed by atoms with E-state index < -0.39 is 11.5 Å². The second-order valence-corrected chi connectivity index (χ2v) is 7.66. The van der Waals surface area contributed by atoms with Crippen molar-refractivity contribution in [3.05, 3.63) is 0 Å². The molecule has 2 bridgehead atoms. The minimum atomic E-state index is -0.546. The molecule has 0 radical (unpaired) electrons. The van der Waals surface area contributed by atoms with Gasteiger partial charge in [0.1, 0.15) is 6.04 Å². The summed E-state index contributed by atoms with van der Waals surface area (Å²) in [6, 6.07) is -0.481. The molecule has 5 heteroatoms. The van der Waals surface area contributed by atoms with E-state index in [-0.39, 0.29) is 30.4 Å². The predicted molar refractivity (Wildman–Crippen MR) is 80.4 cm³/mol. The van der Waals surface area contributed by atoms with Crippen molar-refractivity contribution < 1.29 is 14.7 Å². The third kappa shape index (κ3) is 3.39. The Morgan fingerprint density at radius 3 is 2.43 bits per heavy atom. The number of rotatable bonds is 4. The number of carbonyl (C=O) groups is 2. The SMILES string of the molecule is CC(NC(=O)C(C)(C)C)C(=O)NC1C2CCC(C2)C1CO. The lowest BCUT2D eigenvalue weighted by atomic mass is 9.85. The Balaban J connectivity index is 1.90. The van der Waals surface area contributed by atoms with Gasteiger partial charge in [-0.15, -0.1) is 0 Å². The molecule has 0 heterocycles. The molecule has 2 saturated carbocycles. The average molecular weight is 296 g/mol.